The summed E-state index contributed by atoms with van der Waals surface area (Å²) >= 11 is 0. The molecule has 0 spiro atoms. The fraction of sp³-hybridized carbons (Fsp3) is 0.533. The van der Waals surface area contributed by atoms with Gasteiger partial charge in [0.05, 0.1) is 5.92 Å². The van der Waals surface area contributed by atoms with Crippen LogP contribution in [-0.2, 0) is 11.3 Å². The van der Waals surface area contributed by atoms with Gasteiger partial charge >= 0.3 is 6.36 Å². The summed E-state index contributed by atoms with van der Waals surface area (Å²) < 4.78 is 41.2. The maximum Gasteiger partial charge on any atom is 0.573 e. The summed E-state index contributed by atoms with van der Waals surface area (Å²) in [6.07, 6.45) is -2.32. The van der Waals surface area contributed by atoms with E-state index in [2.05, 4.69) is 4.74 Å². The van der Waals surface area contributed by atoms with Crippen LogP contribution < -0.4 is 10.5 Å². The van der Waals surface area contributed by atoms with Crippen LogP contribution in [-0.4, -0.2) is 30.3 Å². The van der Waals surface area contributed by atoms with Gasteiger partial charge in [-0.2, -0.15) is 0 Å². The molecule has 7 heteroatoms. The van der Waals surface area contributed by atoms with E-state index in [1.807, 2.05) is 0 Å². The summed E-state index contributed by atoms with van der Waals surface area (Å²) in [7, 11) is 1.57. The Balaban J connectivity index is 2.08. The number of halogens is 3. The Morgan fingerprint density at radius 1 is 1.36 bits per heavy atom. The Morgan fingerprint density at radius 2 is 2.05 bits per heavy atom. The minimum absolute atomic E-state index is 0.0499. The zero-order valence-electron chi connectivity index (χ0n) is 12.3. The lowest BCUT2D eigenvalue weighted by atomic mass is 10.0. The molecule has 122 valence electrons. The van der Waals surface area contributed by atoms with Gasteiger partial charge in [0.2, 0.25) is 5.91 Å². The van der Waals surface area contributed by atoms with E-state index in [1.165, 1.54) is 23.1 Å². The van der Waals surface area contributed by atoms with E-state index in [-0.39, 0.29) is 30.2 Å². The summed E-state index contributed by atoms with van der Waals surface area (Å²) in [5.41, 5.74) is 6.21. The van der Waals surface area contributed by atoms with Crippen LogP contribution in [0.4, 0.5) is 13.2 Å². The average molecular weight is 316 g/mol. The first kappa shape index (κ1) is 16.6. The van der Waals surface area contributed by atoms with Gasteiger partial charge in [-0.05, 0) is 18.9 Å². The predicted octanol–water partition coefficient (Wildman–Crippen LogP) is 2.67. The van der Waals surface area contributed by atoms with Gasteiger partial charge in [0.15, 0.2) is 0 Å². The number of nitrogens with zero attached hydrogens (tertiary/aromatic N) is 1. The Bertz CT molecular complexity index is 534. The van der Waals surface area contributed by atoms with Crippen molar-refractivity contribution in [1.82, 2.24) is 4.90 Å². The van der Waals surface area contributed by atoms with Crippen molar-refractivity contribution in [3.05, 3.63) is 29.8 Å². The predicted molar refractivity (Wildman–Crippen MR) is 74.9 cm³/mol. The van der Waals surface area contributed by atoms with Crippen molar-refractivity contribution in [2.24, 2.45) is 11.7 Å². The van der Waals surface area contributed by atoms with Crippen LogP contribution in [0.15, 0.2) is 24.3 Å². The molecule has 0 aromatic heterocycles. The van der Waals surface area contributed by atoms with Gasteiger partial charge in [-0.25, -0.2) is 0 Å². The third-order valence-corrected chi connectivity index (χ3v) is 3.87. The fourth-order valence-electron chi connectivity index (χ4n) is 2.77. The maximum absolute atomic E-state index is 12.4. The normalized spacial score (nSPS) is 21.7. The van der Waals surface area contributed by atoms with Crippen LogP contribution in [0.1, 0.15) is 24.8 Å². The smallest absolute Gasteiger partial charge is 0.405 e. The molecule has 22 heavy (non-hydrogen) atoms. The number of hydrogen-bond donors (Lipinski definition) is 1. The highest BCUT2D eigenvalue weighted by atomic mass is 19.4. The molecule has 1 saturated carbocycles. The second kappa shape index (κ2) is 6.56. The molecule has 1 fully saturated rings. The second-order valence-electron chi connectivity index (χ2n) is 5.55. The zero-order valence-corrected chi connectivity index (χ0v) is 12.3. The van der Waals surface area contributed by atoms with Crippen LogP contribution >= 0.6 is 0 Å². The Morgan fingerprint density at radius 3 is 2.64 bits per heavy atom. The molecule has 2 N–H and O–H groups in total. The number of hydrogen-bond acceptors (Lipinski definition) is 3. The topological polar surface area (TPSA) is 55.6 Å². The number of nitrogens with two attached hydrogens (primary N) is 1. The van der Waals surface area contributed by atoms with E-state index in [1.54, 1.807) is 13.1 Å². The van der Waals surface area contributed by atoms with Gasteiger partial charge in [-0.15, -0.1) is 13.2 Å². The number of rotatable bonds is 4. The summed E-state index contributed by atoms with van der Waals surface area (Å²) in [6, 6.07) is 5.65. The number of para-hydroxylation sites is 1. The molecule has 1 aliphatic carbocycles. The molecule has 1 aromatic rings. The standard InChI is InChI=1S/C15H19F3N2O2/c1-20(14(21)11-6-4-7-12(11)19)9-10-5-2-3-8-13(10)22-15(16,17)18/h2-3,5,8,11-12H,4,6-7,9,19H2,1H3/t11-,12+/m1/s1. The number of benzene rings is 1. The van der Waals surface area contributed by atoms with Crippen LogP contribution in [0.5, 0.6) is 5.75 Å². The molecule has 0 radical (unpaired) electrons. The Hall–Kier alpha value is -1.76. The number of carbonyl (C=O) groups excluding carboxylic acids is 1. The number of alkyl halides is 3. The third kappa shape index (κ3) is 4.13. The van der Waals surface area contributed by atoms with E-state index >= 15 is 0 Å². The lowest BCUT2D eigenvalue weighted by Crippen LogP contribution is -2.39. The van der Waals surface area contributed by atoms with E-state index in [0.717, 1.165) is 19.3 Å². The summed E-state index contributed by atoms with van der Waals surface area (Å²) in [5, 5.41) is 0. The van der Waals surface area contributed by atoms with E-state index in [0.29, 0.717) is 5.56 Å². The molecule has 0 bridgehead atoms. The zero-order chi connectivity index (χ0) is 16.3. The first-order valence-electron chi connectivity index (χ1n) is 7.12. The van der Waals surface area contributed by atoms with Gasteiger partial charge < -0.3 is 15.4 Å². The maximum atomic E-state index is 12.4. The molecule has 0 heterocycles. The summed E-state index contributed by atoms with van der Waals surface area (Å²) in [4.78, 5) is 13.8. The Kier molecular flexibility index (Phi) is 4.95. The molecule has 1 aliphatic rings. The molecule has 1 aromatic carbocycles. The van der Waals surface area contributed by atoms with Crippen LogP contribution in [0.25, 0.3) is 0 Å². The van der Waals surface area contributed by atoms with E-state index in [9.17, 15) is 18.0 Å². The SMILES string of the molecule is CN(Cc1ccccc1OC(F)(F)F)C(=O)[C@@H]1CCC[C@@H]1N. The van der Waals surface area contributed by atoms with Crippen molar-refractivity contribution in [1.29, 1.82) is 0 Å². The quantitative estimate of drug-likeness (QED) is 0.929. The molecule has 2 rings (SSSR count). The van der Waals surface area contributed by atoms with Crippen molar-refractivity contribution < 1.29 is 22.7 Å². The molecule has 2 atom stereocenters. The van der Waals surface area contributed by atoms with Gasteiger partial charge in [0, 0.05) is 25.2 Å². The van der Waals surface area contributed by atoms with Gasteiger partial charge in [0.25, 0.3) is 0 Å². The molecule has 0 unspecified atom stereocenters. The molecular formula is C15H19F3N2O2. The molecular weight excluding hydrogens is 297 g/mol. The average Bonchev–Trinajstić information content (AvgIpc) is 2.84. The van der Waals surface area contributed by atoms with Crippen LogP contribution in [0.2, 0.25) is 0 Å². The van der Waals surface area contributed by atoms with Crippen molar-refractivity contribution in [3.63, 3.8) is 0 Å². The van der Waals surface area contributed by atoms with Crippen molar-refractivity contribution in [3.8, 4) is 5.75 Å². The first-order valence-corrected chi connectivity index (χ1v) is 7.12. The number of carbonyl (C=O) groups is 1. The van der Waals surface area contributed by atoms with Crippen molar-refractivity contribution in [2.45, 2.75) is 38.2 Å². The summed E-state index contributed by atoms with van der Waals surface area (Å²) in [5.74, 6) is -0.669. The number of amides is 1. The molecule has 4 nitrogen and oxygen atoms in total. The summed E-state index contributed by atoms with van der Waals surface area (Å²) in [6.45, 7) is 0.0499. The van der Waals surface area contributed by atoms with E-state index in [4.69, 9.17) is 5.73 Å². The van der Waals surface area contributed by atoms with E-state index < -0.39 is 6.36 Å². The van der Waals surface area contributed by atoms with Crippen LogP contribution in [0.3, 0.4) is 0 Å². The lowest BCUT2D eigenvalue weighted by molar-refractivity contribution is -0.275. The molecule has 1 amide bonds. The highest BCUT2D eigenvalue weighted by Gasteiger charge is 2.34. The monoisotopic (exact) mass is 316 g/mol. The highest BCUT2D eigenvalue weighted by Crippen LogP contribution is 2.29. The molecule has 0 saturated heterocycles. The first-order chi connectivity index (χ1) is 10.3. The minimum Gasteiger partial charge on any atom is -0.405 e. The fourth-order valence-corrected chi connectivity index (χ4v) is 2.77. The minimum atomic E-state index is -4.76. The third-order valence-electron chi connectivity index (χ3n) is 3.87. The van der Waals surface area contributed by atoms with Gasteiger partial charge in [0.1, 0.15) is 5.75 Å². The largest absolute Gasteiger partial charge is 0.573 e. The van der Waals surface area contributed by atoms with Crippen LogP contribution in [0, 0.1) is 5.92 Å². The number of ether oxygens (including phenoxy) is 1. The van der Waals surface area contributed by atoms with Gasteiger partial charge in [-0.1, -0.05) is 24.6 Å². The molecule has 0 aliphatic heterocycles. The highest BCUT2D eigenvalue weighted by molar-refractivity contribution is 5.79. The van der Waals surface area contributed by atoms with Gasteiger partial charge in [-0.3, -0.25) is 4.79 Å². The second-order valence-corrected chi connectivity index (χ2v) is 5.55. The van der Waals surface area contributed by atoms with Crippen molar-refractivity contribution >= 4 is 5.91 Å². The Labute approximate surface area is 127 Å². The van der Waals surface area contributed by atoms with Crippen molar-refractivity contribution in [2.75, 3.05) is 7.05 Å². The lowest BCUT2D eigenvalue weighted by Gasteiger charge is -2.24.